The second-order valence-electron chi connectivity index (χ2n) is 4.18. The second kappa shape index (κ2) is 3.63. The molecule has 1 aliphatic rings. The third kappa shape index (κ3) is 1.78. The number of nitrogens with zero attached hydrogens (tertiary/aromatic N) is 2. The molecule has 0 radical (unpaired) electrons. The van der Waals surface area contributed by atoms with E-state index in [-0.39, 0.29) is 5.75 Å². The van der Waals surface area contributed by atoms with Crippen LogP contribution in [-0.4, -0.2) is 15.2 Å². The first kappa shape index (κ1) is 9.39. The summed E-state index contributed by atoms with van der Waals surface area (Å²) >= 11 is 0. The van der Waals surface area contributed by atoms with Gasteiger partial charge in [-0.25, -0.2) is 0 Å². The van der Waals surface area contributed by atoms with E-state index in [2.05, 4.69) is 10.1 Å². The van der Waals surface area contributed by atoms with Crippen LogP contribution in [0, 0.1) is 5.92 Å². The maximum atomic E-state index is 9.64. The lowest BCUT2D eigenvalue weighted by Gasteiger charge is -1.96. The van der Waals surface area contributed by atoms with Gasteiger partial charge in [0.1, 0.15) is 5.75 Å². The fourth-order valence-electron chi connectivity index (χ4n) is 1.68. The smallest absolute Gasteiger partial charge is 0.261 e. The third-order valence-electron chi connectivity index (χ3n) is 2.77. The average molecular weight is 216 g/mol. The molecule has 2 aromatic rings. The number of phenolic OH excluding ortho intramolecular Hbond substituents is 1. The SMILES string of the molecule is Oc1ccccc1-c1nc(CC2CC2)no1. The van der Waals surface area contributed by atoms with E-state index < -0.39 is 0 Å². The minimum Gasteiger partial charge on any atom is -0.507 e. The average Bonchev–Trinajstić information content (AvgIpc) is 2.97. The third-order valence-corrected chi connectivity index (χ3v) is 2.77. The Morgan fingerprint density at radius 1 is 1.31 bits per heavy atom. The van der Waals surface area contributed by atoms with Crippen LogP contribution < -0.4 is 0 Å². The number of benzene rings is 1. The van der Waals surface area contributed by atoms with Crippen molar-refractivity contribution >= 4 is 0 Å². The van der Waals surface area contributed by atoms with E-state index in [1.807, 2.05) is 6.07 Å². The maximum Gasteiger partial charge on any atom is 0.261 e. The molecule has 1 N–H and O–H groups in total. The highest BCUT2D eigenvalue weighted by molar-refractivity contribution is 5.61. The van der Waals surface area contributed by atoms with Gasteiger partial charge in [0.25, 0.3) is 5.89 Å². The zero-order chi connectivity index (χ0) is 11.0. The maximum absolute atomic E-state index is 9.64. The Kier molecular flexibility index (Phi) is 2.13. The van der Waals surface area contributed by atoms with Crippen LogP contribution in [0.2, 0.25) is 0 Å². The molecule has 16 heavy (non-hydrogen) atoms. The van der Waals surface area contributed by atoms with Gasteiger partial charge in [-0.3, -0.25) is 0 Å². The molecule has 0 amide bonds. The van der Waals surface area contributed by atoms with Crippen molar-refractivity contribution < 1.29 is 9.63 Å². The molecular weight excluding hydrogens is 204 g/mol. The van der Waals surface area contributed by atoms with E-state index in [9.17, 15) is 5.11 Å². The summed E-state index contributed by atoms with van der Waals surface area (Å²) in [5, 5.41) is 13.6. The molecule has 1 fully saturated rings. The highest BCUT2D eigenvalue weighted by atomic mass is 16.5. The fraction of sp³-hybridized carbons (Fsp3) is 0.333. The molecule has 1 aromatic heterocycles. The van der Waals surface area contributed by atoms with Crippen molar-refractivity contribution in [3.63, 3.8) is 0 Å². The minimum atomic E-state index is 0.170. The van der Waals surface area contributed by atoms with Gasteiger partial charge >= 0.3 is 0 Å². The first-order valence-corrected chi connectivity index (χ1v) is 5.44. The van der Waals surface area contributed by atoms with Gasteiger partial charge in [-0.15, -0.1) is 0 Å². The Bertz CT molecular complexity index is 503. The molecule has 1 heterocycles. The van der Waals surface area contributed by atoms with Gasteiger partial charge in [-0.05, 0) is 30.9 Å². The van der Waals surface area contributed by atoms with Crippen LogP contribution in [0.3, 0.4) is 0 Å². The van der Waals surface area contributed by atoms with E-state index in [1.54, 1.807) is 18.2 Å². The molecule has 1 saturated carbocycles. The zero-order valence-electron chi connectivity index (χ0n) is 8.76. The van der Waals surface area contributed by atoms with Crippen molar-refractivity contribution in [1.82, 2.24) is 10.1 Å². The summed E-state index contributed by atoms with van der Waals surface area (Å²) in [6.45, 7) is 0. The summed E-state index contributed by atoms with van der Waals surface area (Å²) in [6, 6.07) is 6.98. The standard InChI is InChI=1S/C12H12N2O2/c15-10-4-2-1-3-9(10)12-13-11(14-16-12)7-8-5-6-8/h1-4,8,15H,5-7H2. The Morgan fingerprint density at radius 2 is 2.12 bits per heavy atom. The molecule has 3 rings (SSSR count). The predicted molar refractivity (Wildman–Crippen MR) is 57.8 cm³/mol. The lowest BCUT2D eigenvalue weighted by Crippen LogP contribution is -1.89. The van der Waals surface area contributed by atoms with Gasteiger partial charge in [-0.1, -0.05) is 17.3 Å². The lowest BCUT2D eigenvalue weighted by atomic mass is 10.2. The molecule has 0 bridgehead atoms. The minimum absolute atomic E-state index is 0.170. The predicted octanol–water partition coefficient (Wildman–Crippen LogP) is 2.39. The Morgan fingerprint density at radius 3 is 2.88 bits per heavy atom. The van der Waals surface area contributed by atoms with E-state index in [0.717, 1.165) is 18.2 Å². The summed E-state index contributed by atoms with van der Waals surface area (Å²) < 4.78 is 5.14. The molecule has 4 nitrogen and oxygen atoms in total. The number of hydrogen-bond acceptors (Lipinski definition) is 4. The topological polar surface area (TPSA) is 59.2 Å². The van der Waals surface area contributed by atoms with Crippen LogP contribution in [0.15, 0.2) is 28.8 Å². The summed E-state index contributed by atoms with van der Waals surface area (Å²) in [4.78, 5) is 4.28. The first-order chi connectivity index (χ1) is 7.83. The molecule has 0 spiro atoms. The number of aromatic nitrogens is 2. The number of hydrogen-bond donors (Lipinski definition) is 1. The molecule has 0 unspecified atom stereocenters. The fourth-order valence-corrected chi connectivity index (χ4v) is 1.68. The summed E-state index contributed by atoms with van der Waals surface area (Å²) in [5.41, 5.74) is 0.594. The first-order valence-electron chi connectivity index (χ1n) is 5.44. The molecule has 0 aliphatic heterocycles. The number of aromatic hydroxyl groups is 1. The summed E-state index contributed by atoms with van der Waals surface area (Å²) in [6.07, 6.45) is 3.41. The number of rotatable bonds is 3. The van der Waals surface area contributed by atoms with E-state index >= 15 is 0 Å². The highest BCUT2D eigenvalue weighted by Crippen LogP contribution is 2.33. The van der Waals surface area contributed by atoms with E-state index in [4.69, 9.17) is 4.52 Å². The molecule has 82 valence electrons. The van der Waals surface area contributed by atoms with Crippen molar-refractivity contribution in [3.8, 4) is 17.2 Å². The Labute approximate surface area is 92.9 Å². The van der Waals surface area contributed by atoms with Crippen LogP contribution >= 0.6 is 0 Å². The Hall–Kier alpha value is -1.84. The van der Waals surface area contributed by atoms with Crippen molar-refractivity contribution in [2.75, 3.05) is 0 Å². The molecule has 0 atom stereocenters. The van der Waals surface area contributed by atoms with Gasteiger partial charge in [0.05, 0.1) is 5.56 Å². The summed E-state index contributed by atoms with van der Waals surface area (Å²) in [7, 11) is 0. The van der Waals surface area contributed by atoms with Crippen molar-refractivity contribution in [3.05, 3.63) is 30.1 Å². The Balaban J connectivity index is 1.88. The van der Waals surface area contributed by atoms with Crippen molar-refractivity contribution in [2.24, 2.45) is 5.92 Å². The van der Waals surface area contributed by atoms with Crippen molar-refractivity contribution in [2.45, 2.75) is 19.3 Å². The molecule has 1 aliphatic carbocycles. The van der Waals surface area contributed by atoms with Crippen LogP contribution in [0.25, 0.3) is 11.5 Å². The van der Waals surface area contributed by atoms with Gasteiger partial charge in [0, 0.05) is 6.42 Å². The van der Waals surface area contributed by atoms with Crippen LogP contribution in [0.1, 0.15) is 18.7 Å². The highest BCUT2D eigenvalue weighted by Gasteiger charge is 2.24. The van der Waals surface area contributed by atoms with Crippen LogP contribution in [0.4, 0.5) is 0 Å². The largest absolute Gasteiger partial charge is 0.507 e. The quantitative estimate of drug-likeness (QED) is 0.855. The molecule has 0 saturated heterocycles. The van der Waals surface area contributed by atoms with Gasteiger partial charge < -0.3 is 9.63 Å². The van der Waals surface area contributed by atoms with Gasteiger partial charge in [0.2, 0.25) is 0 Å². The molecular formula is C12H12N2O2. The number of para-hydroxylation sites is 1. The zero-order valence-corrected chi connectivity index (χ0v) is 8.76. The molecule has 1 aromatic carbocycles. The van der Waals surface area contributed by atoms with Crippen LogP contribution in [0.5, 0.6) is 5.75 Å². The summed E-state index contributed by atoms with van der Waals surface area (Å²) in [5.74, 6) is 2.04. The number of phenols is 1. The van der Waals surface area contributed by atoms with E-state index in [0.29, 0.717) is 11.5 Å². The molecule has 4 heteroatoms. The van der Waals surface area contributed by atoms with E-state index in [1.165, 1.54) is 12.8 Å². The monoisotopic (exact) mass is 216 g/mol. The lowest BCUT2D eigenvalue weighted by molar-refractivity contribution is 0.416. The van der Waals surface area contributed by atoms with Gasteiger partial charge in [0.15, 0.2) is 5.82 Å². The van der Waals surface area contributed by atoms with Gasteiger partial charge in [-0.2, -0.15) is 4.98 Å². The second-order valence-corrected chi connectivity index (χ2v) is 4.18. The van der Waals surface area contributed by atoms with Crippen LogP contribution in [-0.2, 0) is 6.42 Å². The van der Waals surface area contributed by atoms with Crippen molar-refractivity contribution in [1.29, 1.82) is 0 Å². The normalized spacial score (nSPS) is 15.2.